The Morgan fingerprint density at radius 2 is 1.64 bits per heavy atom. The van der Waals surface area contributed by atoms with E-state index in [0.29, 0.717) is 13.0 Å². The number of nitrogens with one attached hydrogen (secondary N) is 1. The quantitative estimate of drug-likeness (QED) is 0.747. The molecule has 0 heterocycles. The van der Waals surface area contributed by atoms with Crippen LogP contribution < -0.4 is 10.1 Å². The maximum atomic E-state index is 12.8. The number of rotatable bonds is 8. The average Bonchev–Trinajstić information content (AvgIpc) is 2.64. The van der Waals surface area contributed by atoms with E-state index in [1.807, 2.05) is 12.1 Å². The Hall–Kier alpha value is -2.89. The molecule has 25 heavy (non-hydrogen) atoms. The minimum absolute atomic E-state index is 0.136. The van der Waals surface area contributed by atoms with Gasteiger partial charge in [0.1, 0.15) is 11.6 Å². The van der Waals surface area contributed by atoms with Gasteiger partial charge in [-0.1, -0.05) is 24.3 Å². The lowest BCUT2D eigenvalue weighted by Gasteiger charge is -2.07. The Bertz CT molecular complexity index is 698. The van der Waals surface area contributed by atoms with E-state index in [9.17, 15) is 14.0 Å². The Morgan fingerprint density at radius 3 is 2.28 bits per heavy atom. The summed E-state index contributed by atoms with van der Waals surface area (Å²) in [5.41, 5.74) is 1.75. The van der Waals surface area contributed by atoms with Crippen molar-refractivity contribution in [1.29, 1.82) is 0 Å². The van der Waals surface area contributed by atoms with Crippen molar-refractivity contribution >= 4 is 11.9 Å². The molecule has 0 aromatic heterocycles. The highest BCUT2D eigenvalue weighted by atomic mass is 19.1. The van der Waals surface area contributed by atoms with Crippen molar-refractivity contribution in [3.05, 3.63) is 65.5 Å². The van der Waals surface area contributed by atoms with Gasteiger partial charge in [-0.05, 0) is 41.8 Å². The number of methoxy groups -OCH3 is 1. The summed E-state index contributed by atoms with van der Waals surface area (Å²) in [6.45, 7) is 0.0222. The molecule has 0 saturated heterocycles. The van der Waals surface area contributed by atoms with E-state index < -0.39 is 5.97 Å². The van der Waals surface area contributed by atoms with Gasteiger partial charge >= 0.3 is 5.97 Å². The molecule has 0 spiro atoms. The van der Waals surface area contributed by atoms with E-state index in [-0.39, 0.29) is 24.8 Å². The van der Waals surface area contributed by atoms with Crippen molar-refractivity contribution in [3.8, 4) is 5.75 Å². The number of benzene rings is 2. The fourth-order valence-corrected chi connectivity index (χ4v) is 2.11. The Morgan fingerprint density at radius 1 is 1.00 bits per heavy atom. The second-order valence-corrected chi connectivity index (χ2v) is 5.41. The van der Waals surface area contributed by atoms with Gasteiger partial charge in [0, 0.05) is 13.0 Å². The molecule has 1 N–H and O–H groups in total. The number of ether oxygens (including phenoxy) is 2. The maximum Gasteiger partial charge on any atom is 0.306 e. The van der Waals surface area contributed by atoms with Gasteiger partial charge in [-0.2, -0.15) is 0 Å². The van der Waals surface area contributed by atoms with Crippen LogP contribution in [-0.4, -0.2) is 25.6 Å². The van der Waals surface area contributed by atoms with Crippen molar-refractivity contribution in [3.63, 3.8) is 0 Å². The summed E-state index contributed by atoms with van der Waals surface area (Å²) in [4.78, 5) is 23.3. The van der Waals surface area contributed by atoms with Crippen LogP contribution in [0.15, 0.2) is 48.5 Å². The molecule has 0 aliphatic rings. The largest absolute Gasteiger partial charge is 0.497 e. The fraction of sp³-hybridized carbons (Fsp3) is 0.263. The highest BCUT2D eigenvalue weighted by molar-refractivity contribution is 5.80. The standard InChI is InChI=1S/C19H20FNO4/c1-24-17-9-4-15(5-10-17)12-21-18(22)13-25-19(23)11-6-14-2-7-16(20)8-3-14/h2-5,7-10H,6,11-13H2,1H3,(H,21,22). The molecule has 0 aliphatic heterocycles. The Balaban J connectivity index is 1.64. The van der Waals surface area contributed by atoms with Crippen LogP contribution in [0.25, 0.3) is 0 Å². The zero-order valence-electron chi connectivity index (χ0n) is 14.0. The van der Waals surface area contributed by atoms with Crippen LogP contribution in [0.3, 0.4) is 0 Å². The minimum Gasteiger partial charge on any atom is -0.497 e. The maximum absolute atomic E-state index is 12.8. The number of aryl methyl sites for hydroxylation is 1. The molecule has 0 fully saturated rings. The summed E-state index contributed by atoms with van der Waals surface area (Å²) < 4.78 is 22.8. The number of esters is 1. The third-order valence-electron chi connectivity index (χ3n) is 3.54. The van der Waals surface area contributed by atoms with Crippen molar-refractivity contribution < 1.29 is 23.5 Å². The molecule has 132 valence electrons. The second-order valence-electron chi connectivity index (χ2n) is 5.41. The van der Waals surface area contributed by atoms with E-state index in [4.69, 9.17) is 9.47 Å². The monoisotopic (exact) mass is 345 g/mol. The first-order valence-corrected chi connectivity index (χ1v) is 7.86. The fourth-order valence-electron chi connectivity index (χ4n) is 2.11. The molecule has 5 nitrogen and oxygen atoms in total. The SMILES string of the molecule is COc1ccc(CNC(=O)COC(=O)CCc2ccc(F)cc2)cc1. The normalized spacial score (nSPS) is 10.2. The zero-order valence-corrected chi connectivity index (χ0v) is 14.0. The zero-order chi connectivity index (χ0) is 18.1. The number of carbonyl (C=O) groups is 2. The van der Waals surface area contributed by atoms with Gasteiger partial charge in [0.05, 0.1) is 7.11 Å². The molecule has 1 amide bonds. The van der Waals surface area contributed by atoms with Gasteiger partial charge in [-0.3, -0.25) is 9.59 Å². The number of amides is 1. The van der Waals surface area contributed by atoms with Crippen molar-refractivity contribution in [2.75, 3.05) is 13.7 Å². The molecular weight excluding hydrogens is 325 g/mol. The van der Waals surface area contributed by atoms with Crippen LogP contribution in [0.1, 0.15) is 17.5 Å². The third kappa shape index (κ3) is 6.63. The molecular formula is C19H20FNO4. The summed E-state index contributed by atoms with van der Waals surface area (Å²) in [6, 6.07) is 13.2. The summed E-state index contributed by atoms with van der Waals surface area (Å²) in [7, 11) is 1.58. The van der Waals surface area contributed by atoms with E-state index in [0.717, 1.165) is 16.9 Å². The number of hydrogen-bond acceptors (Lipinski definition) is 4. The van der Waals surface area contributed by atoms with Crippen LogP contribution in [0, 0.1) is 5.82 Å². The molecule has 0 radical (unpaired) electrons. The molecule has 0 saturated carbocycles. The Kier molecular flexibility index (Phi) is 6.95. The van der Waals surface area contributed by atoms with Gasteiger partial charge in [-0.15, -0.1) is 0 Å². The second kappa shape index (κ2) is 9.42. The molecule has 0 atom stereocenters. The van der Waals surface area contributed by atoms with Crippen molar-refractivity contribution in [1.82, 2.24) is 5.32 Å². The minimum atomic E-state index is -0.469. The highest BCUT2D eigenvalue weighted by Gasteiger charge is 2.08. The van der Waals surface area contributed by atoms with Crippen molar-refractivity contribution in [2.24, 2.45) is 0 Å². The van der Waals surface area contributed by atoms with Crippen LogP contribution in [-0.2, 0) is 27.3 Å². The topological polar surface area (TPSA) is 64.6 Å². The lowest BCUT2D eigenvalue weighted by atomic mass is 10.1. The first-order chi connectivity index (χ1) is 12.1. The van der Waals surface area contributed by atoms with Crippen LogP contribution in [0.4, 0.5) is 4.39 Å². The Labute approximate surface area is 145 Å². The predicted molar refractivity (Wildman–Crippen MR) is 90.5 cm³/mol. The molecule has 2 aromatic carbocycles. The van der Waals surface area contributed by atoms with Gasteiger partial charge in [-0.25, -0.2) is 4.39 Å². The molecule has 0 aliphatic carbocycles. The van der Waals surface area contributed by atoms with Gasteiger partial charge in [0.15, 0.2) is 6.61 Å². The summed E-state index contributed by atoms with van der Waals surface area (Å²) in [5, 5.41) is 2.67. The predicted octanol–water partition coefficient (Wildman–Crippen LogP) is 2.63. The van der Waals surface area contributed by atoms with Crippen LogP contribution >= 0.6 is 0 Å². The third-order valence-corrected chi connectivity index (χ3v) is 3.54. The lowest BCUT2D eigenvalue weighted by molar-refractivity contribution is -0.148. The number of carbonyl (C=O) groups excluding carboxylic acids is 2. The molecule has 0 unspecified atom stereocenters. The van der Waals surface area contributed by atoms with E-state index in [1.54, 1.807) is 31.4 Å². The smallest absolute Gasteiger partial charge is 0.306 e. The van der Waals surface area contributed by atoms with Gasteiger partial charge in [0.2, 0.25) is 0 Å². The first kappa shape index (κ1) is 18.4. The summed E-state index contributed by atoms with van der Waals surface area (Å²) in [5.74, 6) is -0.417. The van der Waals surface area contributed by atoms with Gasteiger partial charge in [0.25, 0.3) is 5.91 Å². The van der Waals surface area contributed by atoms with Crippen LogP contribution in [0.2, 0.25) is 0 Å². The van der Waals surface area contributed by atoms with Crippen LogP contribution in [0.5, 0.6) is 5.75 Å². The average molecular weight is 345 g/mol. The molecule has 6 heteroatoms. The lowest BCUT2D eigenvalue weighted by Crippen LogP contribution is -2.28. The number of halogens is 1. The summed E-state index contributed by atoms with van der Waals surface area (Å²) in [6.07, 6.45) is 0.573. The highest BCUT2D eigenvalue weighted by Crippen LogP contribution is 2.11. The first-order valence-electron chi connectivity index (χ1n) is 7.86. The summed E-state index contributed by atoms with van der Waals surface area (Å²) >= 11 is 0. The van der Waals surface area contributed by atoms with E-state index >= 15 is 0 Å². The van der Waals surface area contributed by atoms with E-state index in [1.165, 1.54) is 12.1 Å². The molecule has 2 aromatic rings. The van der Waals surface area contributed by atoms with Crippen molar-refractivity contribution in [2.45, 2.75) is 19.4 Å². The van der Waals surface area contributed by atoms with Gasteiger partial charge < -0.3 is 14.8 Å². The molecule has 2 rings (SSSR count). The molecule has 0 bridgehead atoms. The number of hydrogen-bond donors (Lipinski definition) is 1. The van der Waals surface area contributed by atoms with E-state index in [2.05, 4.69) is 5.32 Å².